The van der Waals surface area contributed by atoms with Crippen molar-refractivity contribution in [2.45, 2.75) is 38.8 Å². The minimum Gasteiger partial charge on any atom is -0.460 e. The highest BCUT2D eigenvalue weighted by Gasteiger charge is 2.46. The SMILES string of the molecule is CC(C)(C)OC(=O)C[C@H]1C(=O)N[C@H]2COC[C@H]21. The molecule has 0 bridgehead atoms. The van der Waals surface area contributed by atoms with Crippen molar-refractivity contribution in [1.29, 1.82) is 0 Å². The Morgan fingerprint density at radius 3 is 2.82 bits per heavy atom. The molecule has 5 heteroatoms. The molecule has 0 aromatic carbocycles. The van der Waals surface area contributed by atoms with Crippen molar-refractivity contribution in [3.05, 3.63) is 0 Å². The summed E-state index contributed by atoms with van der Waals surface area (Å²) in [6.07, 6.45) is 0.146. The third-order valence-electron chi connectivity index (χ3n) is 3.11. The maximum atomic E-state index is 11.7. The number of nitrogens with one attached hydrogen (secondary N) is 1. The predicted molar refractivity (Wildman–Crippen MR) is 60.2 cm³/mol. The highest BCUT2D eigenvalue weighted by molar-refractivity contribution is 5.86. The van der Waals surface area contributed by atoms with E-state index in [0.29, 0.717) is 13.2 Å². The van der Waals surface area contributed by atoms with Crippen molar-refractivity contribution < 1.29 is 19.1 Å². The summed E-state index contributed by atoms with van der Waals surface area (Å²) in [4.78, 5) is 23.4. The molecule has 96 valence electrons. The minimum absolute atomic E-state index is 0.0471. The molecule has 0 aromatic heterocycles. The van der Waals surface area contributed by atoms with E-state index in [1.807, 2.05) is 20.8 Å². The number of ether oxygens (including phenoxy) is 2. The van der Waals surface area contributed by atoms with E-state index in [1.165, 1.54) is 0 Å². The monoisotopic (exact) mass is 241 g/mol. The van der Waals surface area contributed by atoms with Crippen molar-refractivity contribution in [3.63, 3.8) is 0 Å². The van der Waals surface area contributed by atoms with Gasteiger partial charge in [0.15, 0.2) is 0 Å². The van der Waals surface area contributed by atoms with Gasteiger partial charge in [-0.25, -0.2) is 0 Å². The molecular weight excluding hydrogens is 222 g/mol. The van der Waals surface area contributed by atoms with Crippen LogP contribution in [-0.4, -0.2) is 36.7 Å². The maximum absolute atomic E-state index is 11.7. The van der Waals surface area contributed by atoms with Gasteiger partial charge in [-0.15, -0.1) is 0 Å². The van der Waals surface area contributed by atoms with Crippen LogP contribution in [0.25, 0.3) is 0 Å². The average Bonchev–Trinajstić information content (AvgIpc) is 2.67. The van der Waals surface area contributed by atoms with Gasteiger partial charge in [-0.2, -0.15) is 0 Å². The molecule has 0 radical (unpaired) electrons. The van der Waals surface area contributed by atoms with Crippen LogP contribution in [0, 0.1) is 11.8 Å². The summed E-state index contributed by atoms with van der Waals surface area (Å²) < 4.78 is 10.5. The van der Waals surface area contributed by atoms with Gasteiger partial charge in [-0.3, -0.25) is 9.59 Å². The Hall–Kier alpha value is -1.10. The molecule has 2 fully saturated rings. The standard InChI is InChI=1S/C12H19NO4/c1-12(2,3)17-10(14)4-7-8-5-16-6-9(8)13-11(7)15/h7-9H,4-6H2,1-3H3,(H,13,15)/t7-,8+,9+/m1/s1. The number of hydrogen-bond donors (Lipinski definition) is 1. The number of fused-ring (bicyclic) bond motifs is 1. The molecule has 2 rings (SSSR count). The van der Waals surface area contributed by atoms with Crippen LogP contribution in [0.2, 0.25) is 0 Å². The van der Waals surface area contributed by atoms with E-state index in [0.717, 1.165) is 0 Å². The van der Waals surface area contributed by atoms with Crippen molar-refractivity contribution >= 4 is 11.9 Å². The fraction of sp³-hybridized carbons (Fsp3) is 0.833. The molecule has 1 N–H and O–H groups in total. The van der Waals surface area contributed by atoms with Crippen LogP contribution in [-0.2, 0) is 19.1 Å². The normalized spacial score (nSPS) is 32.2. The third-order valence-corrected chi connectivity index (χ3v) is 3.11. The lowest BCUT2D eigenvalue weighted by molar-refractivity contribution is -0.157. The molecule has 5 nitrogen and oxygen atoms in total. The Morgan fingerprint density at radius 2 is 2.18 bits per heavy atom. The van der Waals surface area contributed by atoms with E-state index >= 15 is 0 Å². The summed E-state index contributed by atoms with van der Waals surface area (Å²) in [6.45, 7) is 6.57. The van der Waals surface area contributed by atoms with Gasteiger partial charge in [0, 0.05) is 5.92 Å². The second-order valence-corrected chi connectivity index (χ2v) is 5.71. The molecular formula is C12H19NO4. The highest BCUT2D eigenvalue weighted by atomic mass is 16.6. The van der Waals surface area contributed by atoms with Gasteiger partial charge in [0.2, 0.25) is 5.91 Å². The lowest BCUT2D eigenvalue weighted by Crippen LogP contribution is -2.30. The van der Waals surface area contributed by atoms with Crippen LogP contribution in [0.5, 0.6) is 0 Å². The van der Waals surface area contributed by atoms with Crippen molar-refractivity contribution in [1.82, 2.24) is 5.32 Å². The number of esters is 1. The zero-order valence-corrected chi connectivity index (χ0v) is 10.5. The number of hydrogen-bond acceptors (Lipinski definition) is 4. The second-order valence-electron chi connectivity index (χ2n) is 5.71. The van der Waals surface area contributed by atoms with Crippen molar-refractivity contribution in [3.8, 4) is 0 Å². The maximum Gasteiger partial charge on any atom is 0.307 e. The Morgan fingerprint density at radius 1 is 1.47 bits per heavy atom. The van der Waals surface area contributed by atoms with E-state index in [4.69, 9.17) is 9.47 Å². The predicted octanol–water partition coefficient (Wildman–Crippen LogP) is 0.479. The third kappa shape index (κ3) is 2.77. The molecule has 0 unspecified atom stereocenters. The molecule has 2 heterocycles. The van der Waals surface area contributed by atoms with Crippen LogP contribution < -0.4 is 5.32 Å². The number of rotatable bonds is 2. The van der Waals surface area contributed by atoms with Gasteiger partial charge in [0.25, 0.3) is 0 Å². The summed E-state index contributed by atoms with van der Waals surface area (Å²) in [5.41, 5.74) is -0.502. The van der Waals surface area contributed by atoms with Crippen LogP contribution in [0.1, 0.15) is 27.2 Å². The lowest BCUT2D eigenvalue weighted by atomic mass is 9.90. The van der Waals surface area contributed by atoms with Gasteiger partial charge in [0.1, 0.15) is 5.60 Å². The fourth-order valence-corrected chi connectivity index (χ4v) is 2.41. The first kappa shape index (κ1) is 12.4. The summed E-state index contributed by atoms with van der Waals surface area (Å²) in [6, 6.07) is 0.0786. The molecule has 3 atom stereocenters. The largest absolute Gasteiger partial charge is 0.460 e. The molecule has 0 aromatic rings. The van der Waals surface area contributed by atoms with Crippen LogP contribution in [0.3, 0.4) is 0 Å². The summed E-state index contributed by atoms with van der Waals surface area (Å²) in [5.74, 6) is -0.535. The van der Waals surface area contributed by atoms with E-state index in [-0.39, 0.29) is 36.2 Å². The number of amides is 1. The smallest absolute Gasteiger partial charge is 0.307 e. The molecule has 17 heavy (non-hydrogen) atoms. The quantitative estimate of drug-likeness (QED) is 0.714. The molecule has 0 aliphatic carbocycles. The fourth-order valence-electron chi connectivity index (χ4n) is 2.41. The Bertz CT molecular complexity index is 334. The van der Waals surface area contributed by atoms with Gasteiger partial charge in [-0.05, 0) is 20.8 Å². The van der Waals surface area contributed by atoms with Gasteiger partial charge < -0.3 is 14.8 Å². The molecule has 2 aliphatic rings. The molecule has 0 spiro atoms. The van der Waals surface area contributed by atoms with Crippen LogP contribution >= 0.6 is 0 Å². The van der Waals surface area contributed by atoms with Gasteiger partial charge >= 0.3 is 5.97 Å². The zero-order chi connectivity index (χ0) is 12.6. The summed E-state index contributed by atoms with van der Waals surface area (Å²) in [5, 5.41) is 2.86. The topological polar surface area (TPSA) is 64.6 Å². The average molecular weight is 241 g/mol. The molecule has 1 amide bonds. The van der Waals surface area contributed by atoms with Crippen molar-refractivity contribution in [2.75, 3.05) is 13.2 Å². The second kappa shape index (κ2) is 4.29. The van der Waals surface area contributed by atoms with Crippen LogP contribution in [0.4, 0.5) is 0 Å². The van der Waals surface area contributed by atoms with E-state index in [1.54, 1.807) is 0 Å². The van der Waals surface area contributed by atoms with E-state index < -0.39 is 5.60 Å². The Kier molecular flexibility index (Phi) is 3.12. The zero-order valence-electron chi connectivity index (χ0n) is 10.5. The Labute approximate surface area is 101 Å². The van der Waals surface area contributed by atoms with Crippen LogP contribution in [0.15, 0.2) is 0 Å². The first-order valence-corrected chi connectivity index (χ1v) is 5.97. The lowest BCUT2D eigenvalue weighted by Gasteiger charge is -2.21. The first-order chi connectivity index (χ1) is 7.87. The van der Waals surface area contributed by atoms with Gasteiger partial charge in [0.05, 0.1) is 31.6 Å². The van der Waals surface area contributed by atoms with Crippen molar-refractivity contribution in [2.24, 2.45) is 11.8 Å². The molecule has 0 saturated carbocycles. The first-order valence-electron chi connectivity index (χ1n) is 5.97. The Balaban J connectivity index is 1.94. The number of carbonyl (C=O) groups excluding carboxylic acids is 2. The summed E-state index contributed by atoms with van der Waals surface area (Å²) in [7, 11) is 0. The highest BCUT2D eigenvalue weighted by Crippen LogP contribution is 2.31. The minimum atomic E-state index is -0.502. The van der Waals surface area contributed by atoms with E-state index in [2.05, 4.69) is 5.32 Å². The number of carbonyl (C=O) groups is 2. The van der Waals surface area contributed by atoms with Gasteiger partial charge in [-0.1, -0.05) is 0 Å². The molecule has 2 aliphatic heterocycles. The molecule has 2 saturated heterocycles. The van der Waals surface area contributed by atoms with E-state index in [9.17, 15) is 9.59 Å². The summed E-state index contributed by atoms with van der Waals surface area (Å²) >= 11 is 0.